The molecule has 0 saturated carbocycles. The number of aryl methyl sites for hydroxylation is 1. The number of halogens is 1. The summed E-state index contributed by atoms with van der Waals surface area (Å²) in [4.78, 5) is 22.2. The van der Waals surface area contributed by atoms with E-state index in [0.29, 0.717) is 10.7 Å². The van der Waals surface area contributed by atoms with E-state index in [4.69, 9.17) is 4.74 Å². The van der Waals surface area contributed by atoms with Gasteiger partial charge in [0.05, 0.1) is 11.5 Å². The van der Waals surface area contributed by atoms with Crippen molar-refractivity contribution in [2.75, 3.05) is 5.32 Å². The first-order chi connectivity index (χ1) is 11.5. The number of fused-ring (bicyclic) bond motifs is 1. The maximum Gasteiger partial charge on any atom is 0.348 e. The number of hydrogen-bond acceptors (Lipinski definition) is 6. The molecule has 0 aliphatic heterocycles. The Morgan fingerprint density at radius 1 is 1.33 bits per heavy atom. The van der Waals surface area contributed by atoms with Gasteiger partial charge < -0.3 is 10.1 Å². The lowest BCUT2D eigenvalue weighted by Gasteiger charge is -2.08. The molecule has 0 atom stereocenters. The predicted octanol–water partition coefficient (Wildman–Crippen LogP) is 5.07. The smallest absolute Gasteiger partial charge is 0.348 e. The van der Waals surface area contributed by atoms with E-state index in [9.17, 15) is 4.79 Å². The molecular weight excluding hydrogens is 390 g/mol. The monoisotopic (exact) mass is 405 g/mol. The Morgan fingerprint density at radius 2 is 2.12 bits per heavy atom. The third-order valence-corrected chi connectivity index (χ3v) is 5.02. The van der Waals surface area contributed by atoms with Gasteiger partial charge in [0.15, 0.2) is 0 Å². The Kier molecular flexibility index (Phi) is 4.82. The van der Waals surface area contributed by atoms with Crippen molar-refractivity contribution in [2.24, 2.45) is 0 Å². The summed E-state index contributed by atoms with van der Waals surface area (Å²) in [5.41, 5.74) is 1.74. The lowest BCUT2D eigenvalue weighted by molar-refractivity contribution is 0.0383. The molecule has 3 aromatic rings. The first kappa shape index (κ1) is 16.9. The van der Waals surface area contributed by atoms with Crippen LogP contribution < -0.4 is 5.32 Å². The summed E-state index contributed by atoms with van der Waals surface area (Å²) >= 11 is 4.78. The summed E-state index contributed by atoms with van der Waals surface area (Å²) in [6.45, 7) is 5.56. The Hall–Kier alpha value is -1.99. The van der Waals surface area contributed by atoms with E-state index in [1.807, 2.05) is 45.0 Å². The summed E-state index contributed by atoms with van der Waals surface area (Å²) in [6.07, 6.45) is 1.34. The second kappa shape index (κ2) is 6.86. The van der Waals surface area contributed by atoms with E-state index in [-0.39, 0.29) is 12.1 Å². The average Bonchev–Trinajstić information content (AvgIpc) is 2.85. The summed E-state index contributed by atoms with van der Waals surface area (Å²) in [7, 11) is 0. The summed E-state index contributed by atoms with van der Waals surface area (Å²) in [6, 6.07) is 7.81. The highest BCUT2D eigenvalue weighted by atomic mass is 79.9. The highest BCUT2D eigenvalue weighted by molar-refractivity contribution is 9.10. The quantitative estimate of drug-likeness (QED) is 0.613. The molecule has 0 bridgehead atoms. The van der Waals surface area contributed by atoms with Crippen molar-refractivity contribution in [1.29, 1.82) is 0 Å². The SMILES string of the molecule is Cc1c(C(=O)OC(C)C)sc2ncnc(Nc3cccc(Br)c3)c12. The maximum atomic E-state index is 12.3. The van der Waals surface area contributed by atoms with Gasteiger partial charge in [0, 0.05) is 10.2 Å². The van der Waals surface area contributed by atoms with Crippen LogP contribution in [-0.4, -0.2) is 22.0 Å². The van der Waals surface area contributed by atoms with Gasteiger partial charge in [-0.05, 0) is 44.5 Å². The van der Waals surface area contributed by atoms with Crippen molar-refractivity contribution in [3.05, 3.63) is 45.5 Å². The standard InChI is InChI=1S/C17H16BrN3O2S/c1-9(2)23-17(22)14-10(3)13-15(19-8-20-16(13)24-14)21-12-6-4-5-11(18)7-12/h4-9H,1-3H3,(H,19,20,21). The fraction of sp³-hybridized carbons (Fsp3) is 0.235. The van der Waals surface area contributed by atoms with Gasteiger partial charge in [-0.25, -0.2) is 14.8 Å². The zero-order valence-corrected chi connectivity index (χ0v) is 15.9. The highest BCUT2D eigenvalue weighted by Gasteiger charge is 2.21. The number of nitrogens with zero attached hydrogens (tertiary/aromatic N) is 2. The minimum atomic E-state index is -0.320. The first-order valence-electron chi connectivity index (χ1n) is 7.43. The van der Waals surface area contributed by atoms with Crippen LogP contribution in [-0.2, 0) is 4.74 Å². The number of anilines is 2. The number of benzene rings is 1. The number of carbonyl (C=O) groups excluding carboxylic acids is 1. The molecule has 0 unspecified atom stereocenters. The average molecular weight is 406 g/mol. The van der Waals surface area contributed by atoms with Gasteiger partial charge >= 0.3 is 5.97 Å². The van der Waals surface area contributed by atoms with Gasteiger partial charge in [-0.3, -0.25) is 0 Å². The van der Waals surface area contributed by atoms with Gasteiger partial charge in [-0.1, -0.05) is 22.0 Å². The third kappa shape index (κ3) is 3.42. The molecule has 5 nitrogen and oxygen atoms in total. The Balaban J connectivity index is 2.03. The first-order valence-corrected chi connectivity index (χ1v) is 9.04. The predicted molar refractivity (Wildman–Crippen MR) is 100 cm³/mol. The van der Waals surface area contributed by atoms with E-state index >= 15 is 0 Å². The van der Waals surface area contributed by atoms with Crippen LogP contribution in [0.5, 0.6) is 0 Å². The number of carbonyl (C=O) groups is 1. The molecule has 0 spiro atoms. The molecule has 0 aliphatic carbocycles. The molecule has 1 aromatic carbocycles. The van der Waals surface area contributed by atoms with Crippen molar-refractivity contribution < 1.29 is 9.53 Å². The maximum absolute atomic E-state index is 12.3. The summed E-state index contributed by atoms with van der Waals surface area (Å²) < 4.78 is 6.29. The van der Waals surface area contributed by atoms with E-state index in [2.05, 4.69) is 31.2 Å². The minimum absolute atomic E-state index is 0.160. The molecule has 0 aliphatic rings. The van der Waals surface area contributed by atoms with Gasteiger partial charge in [0.25, 0.3) is 0 Å². The molecule has 3 rings (SSSR count). The van der Waals surface area contributed by atoms with Crippen LogP contribution in [0, 0.1) is 6.92 Å². The molecule has 1 N–H and O–H groups in total. The largest absolute Gasteiger partial charge is 0.459 e. The fourth-order valence-electron chi connectivity index (χ4n) is 2.33. The van der Waals surface area contributed by atoms with Crippen molar-refractivity contribution in [3.8, 4) is 0 Å². The zero-order valence-electron chi connectivity index (χ0n) is 13.5. The van der Waals surface area contributed by atoms with E-state index in [1.54, 1.807) is 0 Å². The summed E-state index contributed by atoms with van der Waals surface area (Å²) in [5.74, 6) is 0.356. The number of hydrogen-bond donors (Lipinski definition) is 1. The number of thiophene rings is 1. The second-order valence-electron chi connectivity index (χ2n) is 5.55. The molecule has 24 heavy (non-hydrogen) atoms. The third-order valence-electron chi connectivity index (χ3n) is 3.34. The molecule has 0 saturated heterocycles. The second-order valence-corrected chi connectivity index (χ2v) is 7.46. The van der Waals surface area contributed by atoms with Gasteiger partial charge in [0.1, 0.15) is 21.9 Å². The topological polar surface area (TPSA) is 64.1 Å². The number of ether oxygens (including phenoxy) is 1. The van der Waals surface area contributed by atoms with Gasteiger partial charge in [-0.15, -0.1) is 11.3 Å². The van der Waals surface area contributed by atoms with Crippen molar-refractivity contribution in [3.63, 3.8) is 0 Å². The van der Waals surface area contributed by atoms with E-state index in [1.165, 1.54) is 17.7 Å². The number of aromatic nitrogens is 2. The van der Waals surface area contributed by atoms with Gasteiger partial charge in [-0.2, -0.15) is 0 Å². The van der Waals surface area contributed by atoms with E-state index in [0.717, 1.165) is 25.9 Å². The van der Waals surface area contributed by atoms with Crippen LogP contribution >= 0.6 is 27.3 Å². The fourth-order valence-corrected chi connectivity index (χ4v) is 3.76. The number of esters is 1. The molecular formula is C17H16BrN3O2S. The highest BCUT2D eigenvalue weighted by Crippen LogP contribution is 2.35. The molecule has 2 aromatic heterocycles. The Bertz CT molecular complexity index is 908. The number of nitrogens with one attached hydrogen (secondary N) is 1. The van der Waals surface area contributed by atoms with E-state index < -0.39 is 0 Å². The molecule has 2 heterocycles. The van der Waals surface area contributed by atoms with Crippen LogP contribution in [0.25, 0.3) is 10.2 Å². The van der Waals surface area contributed by atoms with Crippen LogP contribution in [0.3, 0.4) is 0 Å². The van der Waals surface area contributed by atoms with Gasteiger partial charge in [0.2, 0.25) is 0 Å². The lowest BCUT2D eigenvalue weighted by atomic mass is 10.2. The Morgan fingerprint density at radius 3 is 2.83 bits per heavy atom. The van der Waals surface area contributed by atoms with Crippen molar-refractivity contribution >= 4 is 55.0 Å². The lowest BCUT2D eigenvalue weighted by Crippen LogP contribution is -2.11. The van der Waals surface area contributed by atoms with Crippen LogP contribution in [0.1, 0.15) is 29.1 Å². The molecule has 0 fully saturated rings. The minimum Gasteiger partial charge on any atom is -0.459 e. The van der Waals surface area contributed by atoms with Crippen LogP contribution in [0.15, 0.2) is 35.1 Å². The molecule has 124 valence electrons. The Labute approximate surface area is 152 Å². The van der Waals surface area contributed by atoms with Crippen LogP contribution in [0.2, 0.25) is 0 Å². The normalized spacial score (nSPS) is 11.0. The van der Waals surface area contributed by atoms with Crippen LogP contribution in [0.4, 0.5) is 11.5 Å². The molecule has 0 radical (unpaired) electrons. The summed E-state index contributed by atoms with van der Waals surface area (Å²) in [5, 5.41) is 4.14. The van der Waals surface area contributed by atoms with Crippen molar-refractivity contribution in [1.82, 2.24) is 9.97 Å². The zero-order chi connectivity index (χ0) is 17.3. The van der Waals surface area contributed by atoms with Crippen molar-refractivity contribution in [2.45, 2.75) is 26.9 Å². The molecule has 0 amide bonds. The molecule has 7 heteroatoms. The number of rotatable bonds is 4.